The molecule has 0 aliphatic heterocycles. The van der Waals surface area contributed by atoms with Gasteiger partial charge in [0, 0.05) is 12.1 Å². The lowest BCUT2D eigenvalue weighted by molar-refractivity contribution is 0.268. The average Bonchev–Trinajstić information content (AvgIpc) is 3.02. The van der Waals surface area contributed by atoms with Crippen LogP contribution in [0, 0.1) is 5.92 Å². The molecule has 2 aliphatic carbocycles. The molecule has 1 N–H and O–H groups in total. The second-order valence-corrected chi connectivity index (χ2v) is 6.26. The maximum Gasteiger partial charge on any atom is 0.0471 e. The van der Waals surface area contributed by atoms with Crippen molar-refractivity contribution in [2.75, 3.05) is 0 Å². The van der Waals surface area contributed by atoms with Crippen LogP contribution in [0.3, 0.4) is 0 Å². The number of hydrogen-bond acceptors (Lipinski definition) is 1. The predicted octanol–water partition coefficient (Wildman–Crippen LogP) is 4.03. The van der Waals surface area contributed by atoms with E-state index in [1.165, 1.54) is 31.2 Å². The van der Waals surface area contributed by atoms with Crippen LogP contribution in [0.2, 0.25) is 0 Å². The summed E-state index contributed by atoms with van der Waals surface area (Å²) in [5.74, 6) is 0.795. The molecule has 0 spiro atoms. The van der Waals surface area contributed by atoms with E-state index in [4.69, 9.17) is 0 Å². The fourth-order valence-electron chi connectivity index (χ4n) is 4.29. The number of nitrogens with one attached hydrogen (secondary N) is 1. The summed E-state index contributed by atoms with van der Waals surface area (Å²) in [5, 5.41) is 3.93. The van der Waals surface area contributed by atoms with Gasteiger partial charge in [0.25, 0.3) is 0 Å². The van der Waals surface area contributed by atoms with Crippen molar-refractivity contribution >= 4 is 0 Å². The van der Waals surface area contributed by atoms with Gasteiger partial charge in [0.2, 0.25) is 0 Å². The van der Waals surface area contributed by atoms with E-state index in [1.807, 2.05) is 0 Å². The topological polar surface area (TPSA) is 12.0 Å². The molecular weight excluding hydrogens is 242 g/mol. The van der Waals surface area contributed by atoms with Gasteiger partial charge in [-0.15, -0.1) is 0 Å². The summed E-state index contributed by atoms with van der Waals surface area (Å²) < 4.78 is 0. The van der Waals surface area contributed by atoms with Crippen molar-refractivity contribution in [1.29, 1.82) is 0 Å². The molecule has 1 saturated carbocycles. The Hall–Kier alpha value is -1.60. The van der Waals surface area contributed by atoms with Crippen LogP contribution in [-0.4, -0.2) is 0 Å². The van der Waals surface area contributed by atoms with E-state index >= 15 is 0 Å². The Morgan fingerprint density at radius 2 is 1.80 bits per heavy atom. The molecule has 0 unspecified atom stereocenters. The number of benzene rings is 2. The molecule has 1 fully saturated rings. The van der Waals surface area contributed by atoms with Crippen molar-refractivity contribution < 1.29 is 0 Å². The minimum Gasteiger partial charge on any atom is -0.303 e. The summed E-state index contributed by atoms with van der Waals surface area (Å²) in [4.78, 5) is 0. The second kappa shape index (κ2) is 4.75. The van der Waals surface area contributed by atoms with E-state index in [0.29, 0.717) is 0 Å². The summed E-state index contributed by atoms with van der Waals surface area (Å²) in [6.07, 6.45) is 5.29. The van der Waals surface area contributed by atoms with Crippen molar-refractivity contribution in [3.63, 3.8) is 0 Å². The van der Waals surface area contributed by atoms with Crippen molar-refractivity contribution in [1.82, 2.24) is 5.32 Å². The van der Waals surface area contributed by atoms with Gasteiger partial charge in [-0.1, -0.05) is 61.0 Å². The zero-order valence-corrected chi connectivity index (χ0v) is 11.8. The molecule has 2 aliphatic rings. The summed E-state index contributed by atoms with van der Waals surface area (Å²) in [5.41, 5.74) is 4.76. The smallest absolute Gasteiger partial charge is 0.0471 e. The highest BCUT2D eigenvalue weighted by Crippen LogP contribution is 2.51. The SMILES string of the molecule is c1ccc(CN[C@]23CCC[C@H]2Cc2ccccc23)cc1. The number of hydrogen-bond donors (Lipinski definition) is 1. The molecule has 0 heterocycles. The third-order valence-corrected chi connectivity index (χ3v) is 5.24. The Balaban J connectivity index is 1.64. The lowest BCUT2D eigenvalue weighted by atomic mass is 9.86. The van der Waals surface area contributed by atoms with Gasteiger partial charge in [-0.05, 0) is 41.9 Å². The molecule has 2 atom stereocenters. The largest absolute Gasteiger partial charge is 0.303 e. The van der Waals surface area contributed by atoms with E-state index < -0.39 is 0 Å². The number of fused-ring (bicyclic) bond motifs is 3. The first-order valence-electron chi connectivity index (χ1n) is 7.76. The van der Waals surface area contributed by atoms with Crippen molar-refractivity contribution in [2.45, 2.75) is 37.8 Å². The first-order chi connectivity index (χ1) is 9.88. The predicted molar refractivity (Wildman–Crippen MR) is 82.4 cm³/mol. The first kappa shape index (κ1) is 12.2. The van der Waals surface area contributed by atoms with Crippen LogP contribution in [0.4, 0.5) is 0 Å². The first-order valence-corrected chi connectivity index (χ1v) is 7.76. The quantitative estimate of drug-likeness (QED) is 0.881. The highest BCUT2D eigenvalue weighted by atomic mass is 15.0. The zero-order chi connectivity index (χ0) is 13.4. The molecule has 4 rings (SSSR count). The molecule has 0 saturated heterocycles. The van der Waals surface area contributed by atoms with Gasteiger partial charge >= 0.3 is 0 Å². The van der Waals surface area contributed by atoms with Crippen molar-refractivity contribution in [3.05, 3.63) is 71.3 Å². The summed E-state index contributed by atoms with van der Waals surface area (Å²) in [6.45, 7) is 0.978. The highest BCUT2D eigenvalue weighted by Gasteiger charge is 2.48. The average molecular weight is 263 g/mol. The molecule has 0 radical (unpaired) electrons. The molecule has 0 amide bonds. The minimum atomic E-state index is 0.242. The van der Waals surface area contributed by atoms with E-state index in [0.717, 1.165) is 12.5 Å². The van der Waals surface area contributed by atoms with Crippen LogP contribution in [-0.2, 0) is 18.5 Å². The molecular formula is C19H21N. The lowest BCUT2D eigenvalue weighted by Crippen LogP contribution is -2.42. The Morgan fingerprint density at radius 1 is 1.00 bits per heavy atom. The van der Waals surface area contributed by atoms with Gasteiger partial charge in [0.1, 0.15) is 0 Å². The molecule has 1 nitrogen and oxygen atoms in total. The van der Waals surface area contributed by atoms with Gasteiger partial charge in [-0.2, -0.15) is 0 Å². The maximum absolute atomic E-state index is 3.93. The zero-order valence-electron chi connectivity index (χ0n) is 11.8. The van der Waals surface area contributed by atoms with Gasteiger partial charge in [0.15, 0.2) is 0 Å². The monoisotopic (exact) mass is 263 g/mol. The summed E-state index contributed by atoms with van der Waals surface area (Å²) in [7, 11) is 0. The molecule has 102 valence electrons. The lowest BCUT2D eigenvalue weighted by Gasteiger charge is -2.32. The Bertz CT molecular complexity index is 604. The van der Waals surface area contributed by atoms with Gasteiger partial charge in [-0.25, -0.2) is 0 Å². The molecule has 0 bridgehead atoms. The van der Waals surface area contributed by atoms with Crippen LogP contribution >= 0.6 is 0 Å². The molecule has 20 heavy (non-hydrogen) atoms. The van der Waals surface area contributed by atoms with Crippen LogP contribution in [0.1, 0.15) is 36.0 Å². The summed E-state index contributed by atoms with van der Waals surface area (Å²) in [6, 6.07) is 19.8. The fourth-order valence-corrected chi connectivity index (χ4v) is 4.29. The molecule has 2 aromatic carbocycles. The van der Waals surface area contributed by atoms with Crippen LogP contribution in [0.25, 0.3) is 0 Å². The molecule has 1 heteroatoms. The van der Waals surface area contributed by atoms with Crippen molar-refractivity contribution in [2.24, 2.45) is 5.92 Å². The Labute approximate surface area is 121 Å². The van der Waals surface area contributed by atoms with Gasteiger partial charge in [-0.3, -0.25) is 0 Å². The van der Waals surface area contributed by atoms with E-state index in [9.17, 15) is 0 Å². The van der Waals surface area contributed by atoms with Crippen LogP contribution in [0.15, 0.2) is 54.6 Å². The molecule has 0 aromatic heterocycles. The van der Waals surface area contributed by atoms with Crippen LogP contribution < -0.4 is 5.32 Å². The van der Waals surface area contributed by atoms with E-state index in [-0.39, 0.29) is 5.54 Å². The van der Waals surface area contributed by atoms with Crippen molar-refractivity contribution in [3.8, 4) is 0 Å². The van der Waals surface area contributed by atoms with Crippen LogP contribution in [0.5, 0.6) is 0 Å². The molecule has 2 aromatic rings. The second-order valence-electron chi connectivity index (χ2n) is 6.26. The normalized spacial score (nSPS) is 27.3. The Kier molecular flexibility index (Phi) is 2.89. The third-order valence-electron chi connectivity index (χ3n) is 5.24. The third kappa shape index (κ3) is 1.81. The van der Waals surface area contributed by atoms with E-state index in [1.54, 1.807) is 11.1 Å². The fraction of sp³-hybridized carbons (Fsp3) is 0.368. The minimum absolute atomic E-state index is 0.242. The Morgan fingerprint density at radius 3 is 2.70 bits per heavy atom. The van der Waals surface area contributed by atoms with E-state index in [2.05, 4.69) is 59.9 Å². The standard InChI is InChI=1S/C19H21N/c1-2-7-15(8-3-1)14-20-19-12-6-10-17(19)13-16-9-4-5-11-18(16)19/h1-5,7-9,11,17,20H,6,10,12-14H2/t17-,19+/m0/s1. The van der Waals surface area contributed by atoms with Gasteiger partial charge in [0.05, 0.1) is 0 Å². The maximum atomic E-state index is 3.93. The number of rotatable bonds is 3. The summed E-state index contributed by atoms with van der Waals surface area (Å²) >= 11 is 0. The highest BCUT2D eigenvalue weighted by molar-refractivity contribution is 5.41. The van der Waals surface area contributed by atoms with Gasteiger partial charge < -0.3 is 5.32 Å².